The number of fused-ring (bicyclic) bond motifs is 2. The maximum atomic E-state index is 14.2. The molecule has 2 aromatic rings. The van der Waals surface area contributed by atoms with Crippen LogP contribution in [0.4, 0.5) is 4.39 Å². The molecule has 2 aliphatic rings. The van der Waals surface area contributed by atoms with E-state index in [-0.39, 0.29) is 24.5 Å². The van der Waals surface area contributed by atoms with Crippen LogP contribution in [-0.2, 0) is 32.9 Å². The molecule has 0 amide bonds. The van der Waals surface area contributed by atoms with E-state index in [0.717, 1.165) is 24.0 Å². The van der Waals surface area contributed by atoms with Crippen LogP contribution in [-0.4, -0.2) is 12.1 Å². The van der Waals surface area contributed by atoms with E-state index in [1.807, 2.05) is 36.4 Å². The molecule has 1 heterocycles. The second kappa shape index (κ2) is 6.60. The molecule has 0 aromatic heterocycles. The van der Waals surface area contributed by atoms with Crippen molar-refractivity contribution in [3.8, 4) is 0 Å². The number of carbonyl (C=O) groups is 1. The van der Waals surface area contributed by atoms with Crippen LogP contribution < -0.4 is 0 Å². The highest BCUT2D eigenvalue weighted by Gasteiger charge is 2.49. The topological polar surface area (TPSA) is 35.5 Å². The normalized spacial score (nSPS) is 25.5. The van der Waals surface area contributed by atoms with Gasteiger partial charge in [-0.05, 0) is 42.9 Å². The number of hydrogen-bond acceptors (Lipinski definition) is 3. The van der Waals surface area contributed by atoms with Crippen LogP contribution in [0.1, 0.15) is 42.4 Å². The molecule has 0 bridgehead atoms. The van der Waals surface area contributed by atoms with Crippen molar-refractivity contribution in [2.75, 3.05) is 0 Å². The Morgan fingerprint density at radius 3 is 2.84 bits per heavy atom. The molecule has 1 aliphatic heterocycles. The molecule has 25 heavy (non-hydrogen) atoms. The number of esters is 1. The van der Waals surface area contributed by atoms with Gasteiger partial charge >= 0.3 is 5.97 Å². The lowest BCUT2D eigenvalue weighted by Crippen LogP contribution is -2.47. The van der Waals surface area contributed by atoms with Gasteiger partial charge in [-0.15, -0.1) is 0 Å². The molecule has 1 saturated carbocycles. The molecule has 0 N–H and O–H groups in total. The summed E-state index contributed by atoms with van der Waals surface area (Å²) in [6.45, 7) is 0.546. The standard InChI is InChI=1S/C21H21FO3/c22-19-10-4-9-18-17(19)14-25-20(23)21(18)11-5-8-16(12-21)24-13-15-6-2-1-3-7-15/h1-4,6-7,9-10,16H,5,8,11-14H2. The molecule has 4 rings (SSSR count). The maximum absolute atomic E-state index is 14.2. The smallest absolute Gasteiger partial charge is 0.317 e. The zero-order valence-electron chi connectivity index (χ0n) is 14.0. The number of benzene rings is 2. The van der Waals surface area contributed by atoms with Crippen LogP contribution in [0.15, 0.2) is 48.5 Å². The highest BCUT2D eigenvalue weighted by atomic mass is 19.1. The highest BCUT2D eigenvalue weighted by Crippen LogP contribution is 2.46. The number of carbonyl (C=O) groups excluding carboxylic acids is 1. The summed E-state index contributed by atoms with van der Waals surface area (Å²) < 4.78 is 25.6. The van der Waals surface area contributed by atoms with Crippen LogP contribution in [0.3, 0.4) is 0 Å². The lowest BCUT2D eigenvalue weighted by atomic mass is 9.66. The van der Waals surface area contributed by atoms with Crippen molar-refractivity contribution in [3.05, 3.63) is 71.0 Å². The quantitative estimate of drug-likeness (QED) is 0.783. The Hall–Kier alpha value is -2.20. The Morgan fingerprint density at radius 1 is 1.16 bits per heavy atom. The lowest BCUT2D eigenvalue weighted by molar-refractivity contribution is -0.158. The minimum absolute atomic E-state index is 0.0259. The first-order chi connectivity index (χ1) is 12.2. The highest BCUT2D eigenvalue weighted by molar-refractivity contribution is 5.85. The second-order valence-electron chi connectivity index (χ2n) is 6.94. The average Bonchev–Trinajstić information content (AvgIpc) is 2.65. The van der Waals surface area contributed by atoms with E-state index < -0.39 is 5.41 Å². The number of halogens is 1. The third-order valence-corrected chi connectivity index (χ3v) is 5.41. The minimum atomic E-state index is -0.769. The molecule has 1 aliphatic carbocycles. The molecule has 1 fully saturated rings. The Balaban J connectivity index is 1.57. The van der Waals surface area contributed by atoms with Crippen LogP contribution in [0.25, 0.3) is 0 Å². The van der Waals surface area contributed by atoms with E-state index in [9.17, 15) is 9.18 Å². The van der Waals surface area contributed by atoms with Crippen molar-refractivity contribution >= 4 is 5.97 Å². The first-order valence-electron chi connectivity index (χ1n) is 8.80. The zero-order chi connectivity index (χ0) is 17.3. The molecule has 0 saturated heterocycles. The molecular formula is C21H21FO3. The van der Waals surface area contributed by atoms with Crippen molar-refractivity contribution in [1.82, 2.24) is 0 Å². The Morgan fingerprint density at radius 2 is 2.00 bits per heavy atom. The van der Waals surface area contributed by atoms with Crippen molar-refractivity contribution in [1.29, 1.82) is 0 Å². The lowest BCUT2D eigenvalue weighted by Gasteiger charge is -2.42. The molecule has 1 spiro atoms. The maximum Gasteiger partial charge on any atom is 0.317 e. The van der Waals surface area contributed by atoms with E-state index >= 15 is 0 Å². The van der Waals surface area contributed by atoms with Crippen LogP contribution in [0, 0.1) is 5.82 Å². The van der Waals surface area contributed by atoms with Crippen LogP contribution >= 0.6 is 0 Å². The van der Waals surface area contributed by atoms with E-state index in [1.165, 1.54) is 6.07 Å². The van der Waals surface area contributed by atoms with E-state index in [4.69, 9.17) is 9.47 Å². The Kier molecular flexibility index (Phi) is 4.30. The first kappa shape index (κ1) is 16.3. The molecule has 4 heteroatoms. The summed E-state index contributed by atoms with van der Waals surface area (Å²) in [6, 6.07) is 15.0. The molecular weight excluding hydrogens is 319 g/mol. The number of cyclic esters (lactones) is 1. The van der Waals surface area contributed by atoms with Gasteiger partial charge in [0.1, 0.15) is 12.4 Å². The molecule has 2 aromatic carbocycles. The fourth-order valence-corrected chi connectivity index (χ4v) is 4.12. The minimum Gasteiger partial charge on any atom is -0.460 e. The van der Waals surface area contributed by atoms with Gasteiger partial charge in [0.15, 0.2) is 0 Å². The van der Waals surface area contributed by atoms with Crippen molar-refractivity contribution < 1.29 is 18.7 Å². The largest absolute Gasteiger partial charge is 0.460 e. The monoisotopic (exact) mass is 340 g/mol. The van der Waals surface area contributed by atoms with Gasteiger partial charge in [0.05, 0.1) is 18.1 Å². The van der Waals surface area contributed by atoms with Crippen molar-refractivity contribution in [3.63, 3.8) is 0 Å². The summed E-state index contributed by atoms with van der Waals surface area (Å²) in [5.41, 5.74) is 1.65. The Labute approximate surface area is 146 Å². The third-order valence-electron chi connectivity index (χ3n) is 5.41. The number of hydrogen-bond donors (Lipinski definition) is 0. The van der Waals surface area contributed by atoms with Gasteiger partial charge in [-0.25, -0.2) is 4.39 Å². The second-order valence-corrected chi connectivity index (χ2v) is 6.94. The van der Waals surface area contributed by atoms with E-state index in [0.29, 0.717) is 25.0 Å². The van der Waals surface area contributed by atoms with Gasteiger partial charge < -0.3 is 9.47 Å². The number of ether oxygens (including phenoxy) is 2. The van der Waals surface area contributed by atoms with Gasteiger partial charge in [-0.3, -0.25) is 4.79 Å². The predicted molar refractivity (Wildman–Crippen MR) is 91.4 cm³/mol. The van der Waals surface area contributed by atoms with Gasteiger partial charge in [0.2, 0.25) is 0 Å². The fourth-order valence-electron chi connectivity index (χ4n) is 4.12. The zero-order valence-corrected chi connectivity index (χ0v) is 14.0. The van der Waals surface area contributed by atoms with Gasteiger partial charge in [0.25, 0.3) is 0 Å². The van der Waals surface area contributed by atoms with Crippen molar-refractivity contribution in [2.24, 2.45) is 0 Å². The van der Waals surface area contributed by atoms with Gasteiger partial charge in [-0.1, -0.05) is 42.5 Å². The molecule has 2 unspecified atom stereocenters. The predicted octanol–water partition coefficient (Wildman–Crippen LogP) is 4.28. The van der Waals surface area contributed by atoms with E-state index in [1.54, 1.807) is 6.07 Å². The average molecular weight is 340 g/mol. The van der Waals surface area contributed by atoms with E-state index in [2.05, 4.69) is 0 Å². The molecule has 130 valence electrons. The van der Waals surface area contributed by atoms with Crippen LogP contribution in [0.5, 0.6) is 0 Å². The summed E-state index contributed by atoms with van der Waals surface area (Å²) in [4.78, 5) is 12.7. The summed E-state index contributed by atoms with van der Waals surface area (Å²) in [5, 5.41) is 0. The number of rotatable bonds is 3. The summed E-state index contributed by atoms with van der Waals surface area (Å²) in [5.74, 6) is -0.532. The van der Waals surface area contributed by atoms with Gasteiger partial charge in [-0.2, -0.15) is 0 Å². The summed E-state index contributed by atoms with van der Waals surface area (Å²) >= 11 is 0. The SMILES string of the molecule is O=C1OCc2c(F)cccc2C12CCCC(OCc1ccccc1)C2. The third kappa shape index (κ3) is 2.95. The molecule has 2 atom stereocenters. The van der Waals surface area contributed by atoms with Gasteiger partial charge in [0, 0.05) is 5.56 Å². The van der Waals surface area contributed by atoms with Crippen molar-refractivity contribution in [2.45, 2.75) is 50.4 Å². The fraction of sp³-hybridized carbons (Fsp3) is 0.381. The molecule has 0 radical (unpaired) electrons. The summed E-state index contributed by atoms with van der Waals surface area (Å²) in [6.07, 6.45) is 2.98. The Bertz CT molecular complexity index is 774. The first-order valence-corrected chi connectivity index (χ1v) is 8.80. The van der Waals surface area contributed by atoms with Crippen LogP contribution in [0.2, 0.25) is 0 Å². The molecule has 3 nitrogen and oxygen atoms in total. The summed E-state index contributed by atoms with van der Waals surface area (Å²) in [7, 11) is 0.